The highest BCUT2D eigenvalue weighted by molar-refractivity contribution is 9.10. The molecule has 1 atom stereocenters. The number of halogens is 1. The number of unbranched alkanes of at least 4 members (excludes halogenated alkanes) is 2. The van der Waals surface area contributed by atoms with E-state index in [0.717, 1.165) is 23.7 Å². The van der Waals surface area contributed by atoms with Gasteiger partial charge < -0.3 is 0 Å². The first-order valence-electron chi connectivity index (χ1n) is 7.33. The second kappa shape index (κ2) is 7.80. The van der Waals surface area contributed by atoms with Gasteiger partial charge in [-0.3, -0.25) is 9.36 Å². The molecule has 116 valence electrons. The third-order valence-corrected chi connectivity index (χ3v) is 4.81. The third kappa shape index (κ3) is 3.90. The molecule has 0 aliphatic carbocycles. The Hall–Kier alpha value is -1.32. The van der Waals surface area contributed by atoms with Crippen LogP contribution < -0.4 is 5.56 Å². The topological polar surface area (TPSA) is 58.7 Å². The standard InChI is InChI=1S/C16H18BrN3OS/c1-3-4-5-8-20-15(21)13-9-12(17)6-7-14(13)19-16(20)22-11(2)10-18/h6-7,9,11H,3-5,8H2,1-2H3/t11-/m1/s1. The highest BCUT2D eigenvalue weighted by Crippen LogP contribution is 2.23. The first-order valence-corrected chi connectivity index (χ1v) is 9.00. The lowest BCUT2D eigenvalue weighted by Crippen LogP contribution is -2.24. The molecule has 0 bridgehead atoms. The van der Waals surface area contributed by atoms with Crippen LogP contribution in [-0.4, -0.2) is 14.8 Å². The van der Waals surface area contributed by atoms with Crippen molar-refractivity contribution in [1.82, 2.24) is 9.55 Å². The minimum atomic E-state index is -0.239. The van der Waals surface area contributed by atoms with Crippen LogP contribution in [0, 0.1) is 11.3 Å². The van der Waals surface area contributed by atoms with Crippen molar-refractivity contribution in [2.75, 3.05) is 0 Å². The summed E-state index contributed by atoms with van der Waals surface area (Å²) in [5, 5.41) is 10.0. The number of hydrogen-bond donors (Lipinski definition) is 0. The Balaban J connectivity index is 2.54. The average Bonchev–Trinajstić information content (AvgIpc) is 2.51. The van der Waals surface area contributed by atoms with E-state index in [9.17, 15) is 4.79 Å². The molecule has 1 aromatic heterocycles. The van der Waals surface area contributed by atoms with Crippen molar-refractivity contribution < 1.29 is 0 Å². The minimum Gasteiger partial charge on any atom is -0.287 e. The Morgan fingerprint density at radius 3 is 2.91 bits per heavy atom. The van der Waals surface area contributed by atoms with E-state index in [-0.39, 0.29) is 10.8 Å². The molecule has 0 fully saturated rings. The lowest BCUT2D eigenvalue weighted by molar-refractivity contribution is 0.541. The van der Waals surface area contributed by atoms with Crippen LogP contribution in [0.5, 0.6) is 0 Å². The van der Waals surface area contributed by atoms with Gasteiger partial charge in [0, 0.05) is 11.0 Å². The first-order chi connectivity index (χ1) is 10.6. The zero-order valence-electron chi connectivity index (χ0n) is 12.7. The van der Waals surface area contributed by atoms with Crippen LogP contribution in [0.25, 0.3) is 10.9 Å². The summed E-state index contributed by atoms with van der Waals surface area (Å²) >= 11 is 4.74. The molecule has 1 heterocycles. The van der Waals surface area contributed by atoms with Gasteiger partial charge in [0.1, 0.15) is 0 Å². The summed E-state index contributed by atoms with van der Waals surface area (Å²) in [7, 11) is 0. The maximum absolute atomic E-state index is 12.8. The first kappa shape index (κ1) is 17.0. The quantitative estimate of drug-likeness (QED) is 0.425. The number of nitrogens with zero attached hydrogens (tertiary/aromatic N) is 3. The molecule has 6 heteroatoms. The van der Waals surface area contributed by atoms with E-state index < -0.39 is 0 Å². The molecule has 1 aromatic carbocycles. The fourth-order valence-electron chi connectivity index (χ4n) is 2.16. The van der Waals surface area contributed by atoms with Crippen LogP contribution in [0.1, 0.15) is 33.1 Å². The van der Waals surface area contributed by atoms with E-state index in [2.05, 4.69) is 33.9 Å². The fraction of sp³-hybridized carbons (Fsp3) is 0.438. The number of fused-ring (bicyclic) bond motifs is 1. The third-order valence-electron chi connectivity index (χ3n) is 3.33. The van der Waals surface area contributed by atoms with Gasteiger partial charge in [0.2, 0.25) is 0 Å². The molecule has 22 heavy (non-hydrogen) atoms. The lowest BCUT2D eigenvalue weighted by atomic mass is 10.2. The lowest BCUT2D eigenvalue weighted by Gasteiger charge is -2.13. The summed E-state index contributed by atoms with van der Waals surface area (Å²) in [6.45, 7) is 4.59. The van der Waals surface area contributed by atoms with E-state index in [4.69, 9.17) is 5.26 Å². The van der Waals surface area contributed by atoms with Gasteiger partial charge in [-0.2, -0.15) is 5.26 Å². The monoisotopic (exact) mass is 379 g/mol. The van der Waals surface area contributed by atoms with Gasteiger partial charge in [0.15, 0.2) is 5.16 Å². The Bertz CT molecular complexity index is 766. The molecule has 0 saturated heterocycles. The van der Waals surface area contributed by atoms with Gasteiger partial charge in [-0.25, -0.2) is 4.98 Å². The van der Waals surface area contributed by atoms with Crippen molar-refractivity contribution in [2.24, 2.45) is 0 Å². The number of nitriles is 1. The Morgan fingerprint density at radius 2 is 2.23 bits per heavy atom. The van der Waals surface area contributed by atoms with Crippen LogP contribution in [0.2, 0.25) is 0 Å². The molecule has 2 rings (SSSR count). The second-order valence-corrected chi connectivity index (χ2v) is 7.33. The summed E-state index contributed by atoms with van der Waals surface area (Å²) in [5.41, 5.74) is 0.641. The minimum absolute atomic E-state index is 0.0324. The molecule has 0 unspecified atom stereocenters. The van der Waals surface area contributed by atoms with Crippen molar-refractivity contribution >= 4 is 38.6 Å². The van der Waals surface area contributed by atoms with Crippen molar-refractivity contribution in [3.63, 3.8) is 0 Å². The SMILES string of the molecule is CCCCCn1c(S[C@H](C)C#N)nc2ccc(Br)cc2c1=O. The van der Waals surface area contributed by atoms with Gasteiger partial charge in [-0.15, -0.1) is 0 Å². The van der Waals surface area contributed by atoms with Crippen LogP contribution in [0.3, 0.4) is 0 Å². The normalized spacial score (nSPS) is 12.3. The Labute approximate surface area is 142 Å². The number of thioether (sulfide) groups is 1. The average molecular weight is 380 g/mol. The van der Waals surface area contributed by atoms with E-state index in [0.29, 0.717) is 22.6 Å². The van der Waals surface area contributed by atoms with Crippen molar-refractivity contribution in [2.45, 2.75) is 50.1 Å². The predicted octanol–water partition coefficient (Wildman–Crippen LogP) is 4.35. The number of hydrogen-bond acceptors (Lipinski definition) is 4. The van der Waals surface area contributed by atoms with Crippen molar-refractivity contribution in [1.29, 1.82) is 5.26 Å². The smallest absolute Gasteiger partial charge is 0.262 e. The van der Waals surface area contributed by atoms with Crippen LogP contribution in [0.4, 0.5) is 0 Å². The summed E-state index contributed by atoms with van der Waals surface area (Å²) in [4.78, 5) is 17.4. The summed E-state index contributed by atoms with van der Waals surface area (Å²) in [5.74, 6) is 0. The molecule has 0 spiro atoms. The van der Waals surface area contributed by atoms with E-state index in [1.165, 1.54) is 11.8 Å². The van der Waals surface area contributed by atoms with Gasteiger partial charge >= 0.3 is 0 Å². The molecule has 2 aromatic rings. The zero-order valence-corrected chi connectivity index (χ0v) is 15.1. The predicted molar refractivity (Wildman–Crippen MR) is 94.2 cm³/mol. The van der Waals surface area contributed by atoms with Crippen LogP contribution >= 0.6 is 27.7 Å². The maximum Gasteiger partial charge on any atom is 0.262 e. The molecule has 0 N–H and O–H groups in total. The van der Waals surface area contributed by atoms with Crippen molar-refractivity contribution in [3.05, 3.63) is 33.0 Å². The maximum atomic E-state index is 12.8. The summed E-state index contributed by atoms with van der Waals surface area (Å²) < 4.78 is 2.58. The van der Waals surface area contributed by atoms with Crippen LogP contribution in [0.15, 0.2) is 32.6 Å². The van der Waals surface area contributed by atoms with Crippen molar-refractivity contribution in [3.8, 4) is 6.07 Å². The van der Waals surface area contributed by atoms with Gasteiger partial charge in [0.05, 0.1) is 22.2 Å². The molecule has 0 aliphatic heterocycles. The largest absolute Gasteiger partial charge is 0.287 e. The second-order valence-electron chi connectivity index (χ2n) is 5.11. The summed E-state index contributed by atoms with van der Waals surface area (Å²) in [6.07, 6.45) is 3.10. The van der Waals surface area contributed by atoms with Gasteiger partial charge in [-0.1, -0.05) is 47.5 Å². The summed E-state index contributed by atoms with van der Waals surface area (Å²) in [6, 6.07) is 7.70. The highest BCUT2D eigenvalue weighted by atomic mass is 79.9. The Kier molecular flexibility index (Phi) is 6.04. The van der Waals surface area contributed by atoms with Crippen LogP contribution in [-0.2, 0) is 6.54 Å². The fourth-order valence-corrected chi connectivity index (χ4v) is 3.35. The number of rotatable bonds is 6. The molecule has 0 aliphatic rings. The van der Waals surface area contributed by atoms with Gasteiger partial charge in [0.25, 0.3) is 5.56 Å². The van der Waals surface area contributed by atoms with E-state index in [1.54, 1.807) is 4.57 Å². The number of benzene rings is 1. The van der Waals surface area contributed by atoms with Gasteiger partial charge in [-0.05, 0) is 31.5 Å². The molecular formula is C16H18BrN3OS. The molecule has 0 saturated carbocycles. The Morgan fingerprint density at radius 1 is 1.45 bits per heavy atom. The van der Waals surface area contributed by atoms with E-state index >= 15 is 0 Å². The highest BCUT2D eigenvalue weighted by Gasteiger charge is 2.14. The zero-order chi connectivity index (χ0) is 16.1. The molecule has 0 radical (unpaired) electrons. The van der Waals surface area contributed by atoms with E-state index in [1.807, 2.05) is 25.1 Å². The number of aromatic nitrogens is 2. The molecular weight excluding hydrogens is 362 g/mol. The molecule has 4 nitrogen and oxygen atoms in total. The molecule has 0 amide bonds.